The van der Waals surface area contributed by atoms with Gasteiger partial charge in [-0.05, 0) is 38.8 Å². The zero-order chi connectivity index (χ0) is 11.7. The lowest BCUT2D eigenvalue weighted by molar-refractivity contribution is 0.499. The van der Waals surface area contributed by atoms with Crippen molar-refractivity contribution < 1.29 is 0 Å². The number of rotatable bonds is 1. The van der Waals surface area contributed by atoms with Crippen molar-refractivity contribution >= 4 is 5.69 Å². The lowest BCUT2D eigenvalue weighted by atomic mass is 10.0. The summed E-state index contributed by atoms with van der Waals surface area (Å²) in [5.74, 6) is 0. The molecule has 1 saturated heterocycles. The van der Waals surface area contributed by atoms with E-state index < -0.39 is 0 Å². The second-order valence-corrected chi connectivity index (χ2v) is 4.99. The summed E-state index contributed by atoms with van der Waals surface area (Å²) in [4.78, 5) is 2.54. The van der Waals surface area contributed by atoms with Crippen molar-refractivity contribution in [1.82, 2.24) is 5.32 Å². The Morgan fingerprint density at radius 1 is 1.19 bits per heavy atom. The molecule has 1 aliphatic heterocycles. The Bertz CT molecular complexity index is 361. The summed E-state index contributed by atoms with van der Waals surface area (Å²) in [6.07, 6.45) is 0. The van der Waals surface area contributed by atoms with Crippen LogP contribution in [0.4, 0.5) is 5.69 Å². The molecule has 1 atom stereocenters. The van der Waals surface area contributed by atoms with Crippen LogP contribution in [-0.2, 0) is 0 Å². The van der Waals surface area contributed by atoms with E-state index in [-0.39, 0.29) is 0 Å². The highest BCUT2D eigenvalue weighted by Gasteiger charge is 2.21. The van der Waals surface area contributed by atoms with Crippen LogP contribution in [0.25, 0.3) is 0 Å². The van der Waals surface area contributed by atoms with E-state index in [1.807, 2.05) is 0 Å². The minimum atomic E-state index is 0.592. The van der Waals surface area contributed by atoms with Gasteiger partial charge in [0.15, 0.2) is 0 Å². The molecule has 2 nitrogen and oxygen atoms in total. The van der Waals surface area contributed by atoms with Gasteiger partial charge in [-0.15, -0.1) is 0 Å². The Labute approximate surface area is 98.7 Å². The average Bonchev–Trinajstić information content (AvgIpc) is 2.19. The molecule has 0 bridgehead atoms. The molecule has 0 aromatic heterocycles. The highest BCUT2D eigenvalue weighted by Crippen LogP contribution is 2.28. The topological polar surface area (TPSA) is 15.3 Å². The van der Waals surface area contributed by atoms with Gasteiger partial charge in [-0.2, -0.15) is 0 Å². The molecule has 1 unspecified atom stereocenters. The van der Waals surface area contributed by atoms with Crippen LogP contribution < -0.4 is 10.2 Å². The number of anilines is 1. The summed E-state index contributed by atoms with van der Waals surface area (Å²) in [6, 6.07) is 5.17. The van der Waals surface area contributed by atoms with Crippen molar-refractivity contribution in [1.29, 1.82) is 0 Å². The van der Waals surface area contributed by atoms with Crippen molar-refractivity contribution in [2.45, 2.75) is 33.7 Å². The third kappa shape index (κ3) is 2.07. The van der Waals surface area contributed by atoms with E-state index >= 15 is 0 Å². The van der Waals surface area contributed by atoms with E-state index in [1.54, 1.807) is 0 Å². The van der Waals surface area contributed by atoms with Crippen molar-refractivity contribution in [3.8, 4) is 0 Å². The van der Waals surface area contributed by atoms with Gasteiger partial charge < -0.3 is 10.2 Å². The van der Waals surface area contributed by atoms with Gasteiger partial charge in [0.05, 0.1) is 0 Å². The van der Waals surface area contributed by atoms with Gasteiger partial charge in [0.1, 0.15) is 0 Å². The van der Waals surface area contributed by atoms with Crippen LogP contribution in [-0.4, -0.2) is 25.7 Å². The molecule has 0 amide bonds. The quantitative estimate of drug-likeness (QED) is 0.778. The van der Waals surface area contributed by atoms with Crippen LogP contribution in [0.5, 0.6) is 0 Å². The molecule has 1 aromatic carbocycles. The smallest absolute Gasteiger partial charge is 0.0429 e. The zero-order valence-electron chi connectivity index (χ0n) is 10.8. The van der Waals surface area contributed by atoms with Gasteiger partial charge in [0.25, 0.3) is 0 Å². The highest BCUT2D eigenvalue weighted by molar-refractivity contribution is 5.61. The van der Waals surface area contributed by atoms with Crippen LogP contribution in [0.3, 0.4) is 0 Å². The van der Waals surface area contributed by atoms with Crippen molar-refractivity contribution in [3.05, 3.63) is 28.8 Å². The fraction of sp³-hybridized carbons (Fsp3) is 0.571. The maximum atomic E-state index is 3.44. The molecule has 16 heavy (non-hydrogen) atoms. The molecule has 2 heteroatoms. The lowest BCUT2D eigenvalue weighted by Gasteiger charge is -2.38. The van der Waals surface area contributed by atoms with E-state index in [0.29, 0.717) is 6.04 Å². The summed E-state index contributed by atoms with van der Waals surface area (Å²) in [6.45, 7) is 12.2. The fourth-order valence-electron chi connectivity index (χ4n) is 2.80. The molecule has 1 aromatic rings. The summed E-state index contributed by atoms with van der Waals surface area (Å²) < 4.78 is 0. The second kappa shape index (κ2) is 4.46. The van der Waals surface area contributed by atoms with E-state index in [1.165, 1.54) is 22.4 Å². The second-order valence-electron chi connectivity index (χ2n) is 4.99. The first-order chi connectivity index (χ1) is 7.59. The van der Waals surface area contributed by atoms with Gasteiger partial charge in [-0.3, -0.25) is 0 Å². The molecule has 0 aliphatic carbocycles. The largest absolute Gasteiger partial charge is 0.366 e. The van der Waals surface area contributed by atoms with E-state index in [4.69, 9.17) is 0 Å². The molecule has 0 saturated carbocycles. The number of hydrogen-bond donors (Lipinski definition) is 1. The third-order valence-electron chi connectivity index (χ3n) is 3.42. The first kappa shape index (κ1) is 11.5. The number of piperazine rings is 1. The zero-order valence-corrected chi connectivity index (χ0v) is 10.8. The van der Waals surface area contributed by atoms with Crippen LogP contribution in [0.15, 0.2) is 12.1 Å². The number of nitrogens with one attached hydrogen (secondary N) is 1. The van der Waals surface area contributed by atoms with Crippen molar-refractivity contribution in [3.63, 3.8) is 0 Å². The first-order valence-electron chi connectivity index (χ1n) is 6.15. The molecule has 1 aliphatic rings. The molecule has 0 radical (unpaired) electrons. The molecule has 1 fully saturated rings. The van der Waals surface area contributed by atoms with Crippen LogP contribution in [0, 0.1) is 20.8 Å². The van der Waals surface area contributed by atoms with E-state index in [0.717, 1.165) is 19.6 Å². The lowest BCUT2D eigenvalue weighted by Crippen LogP contribution is -2.50. The molecule has 88 valence electrons. The summed E-state index contributed by atoms with van der Waals surface area (Å²) in [7, 11) is 0. The molecule has 0 spiro atoms. The minimum absolute atomic E-state index is 0.592. The summed E-state index contributed by atoms with van der Waals surface area (Å²) in [5, 5.41) is 3.44. The Balaban J connectivity index is 2.38. The van der Waals surface area contributed by atoms with Gasteiger partial charge >= 0.3 is 0 Å². The number of benzene rings is 1. The number of aryl methyl sites for hydroxylation is 3. The standard InChI is InChI=1S/C14H22N2/c1-10-7-11(2)14(12(3)8-10)16-6-5-15-9-13(16)4/h7-8,13,15H,5-6,9H2,1-4H3. The number of hydrogen-bond acceptors (Lipinski definition) is 2. The summed E-state index contributed by atoms with van der Waals surface area (Å²) in [5.41, 5.74) is 5.62. The summed E-state index contributed by atoms with van der Waals surface area (Å²) >= 11 is 0. The normalized spacial score (nSPS) is 21.2. The third-order valence-corrected chi connectivity index (χ3v) is 3.42. The molecule has 1 N–H and O–H groups in total. The predicted octanol–water partition coefficient (Wildman–Crippen LogP) is 2.41. The van der Waals surface area contributed by atoms with Gasteiger partial charge in [0, 0.05) is 31.4 Å². The monoisotopic (exact) mass is 218 g/mol. The number of nitrogens with zero attached hydrogens (tertiary/aromatic N) is 1. The maximum Gasteiger partial charge on any atom is 0.0429 e. The van der Waals surface area contributed by atoms with Gasteiger partial charge in [-0.1, -0.05) is 17.7 Å². The minimum Gasteiger partial charge on any atom is -0.366 e. The Morgan fingerprint density at radius 3 is 2.38 bits per heavy atom. The average molecular weight is 218 g/mol. The van der Waals surface area contributed by atoms with E-state index in [9.17, 15) is 0 Å². The van der Waals surface area contributed by atoms with Crippen molar-refractivity contribution in [2.24, 2.45) is 0 Å². The van der Waals surface area contributed by atoms with Gasteiger partial charge in [-0.25, -0.2) is 0 Å². The van der Waals surface area contributed by atoms with E-state index in [2.05, 4.69) is 50.0 Å². The van der Waals surface area contributed by atoms with Crippen molar-refractivity contribution in [2.75, 3.05) is 24.5 Å². The molecule has 2 rings (SSSR count). The Kier molecular flexibility index (Phi) is 3.20. The van der Waals surface area contributed by atoms with Crippen LogP contribution >= 0.6 is 0 Å². The maximum absolute atomic E-state index is 3.44. The Morgan fingerprint density at radius 2 is 1.81 bits per heavy atom. The Hall–Kier alpha value is -1.02. The van der Waals surface area contributed by atoms with Crippen LogP contribution in [0.1, 0.15) is 23.6 Å². The van der Waals surface area contributed by atoms with Gasteiger partial charge in [0.2, 0.25) is 0 Å². The predicted molar refractivity (Wildman–Crippen MR) is 70.3 cm³/mol. The fourth-order valence-corrected chi connectivity index (χ4v) is 2.80. The molecule has 1 heterocycles. The first-order valence-corrected chi connectivity index (χ1v) is 6.15. The SMILES string of the molecule is Cc1cc(C)c(N2CCNCC2C)c(C)c1. The molecular formula is C14H22N2. The highest BCUT2D eigenvalue weighted by atomic mass is 15.2. The van der Waals surface area contributed by atoms with Crippen LogP contribution in [0.2, 0.25) is 0 Å². The molecular weight excluding hydrogens is 196 g/mol.